The predicted molar refractivity (Wildman–Crippen MR) is 323 cm³/mol. The summed E-state index contributed by atoms with van der Waals surface area (Å²) in [5, 5.41) is 5.72. The monoisotopic (exact) mass is 1200 g/mol. The number of nitrogens with zero attached hydrogens (tertiary/aromatic N) is 4. The largest absolute Gasteiger partial charge is 0.493 e. The first-order chi connectivity index (χ1) is 41.3. The van der Waals surface area contributed by atoms with Crippen molar-refractivity contribution in [3.63, 3.8) is 0 Å². The van der Waals surface area contributed by atoms with Crippen LogP contribution in [0, 0.1) is 5.41 Å². The van der Waals surface area contributed by atoms with Crippen molar-refractivity contribution < 1.29 is 71.6 Å². The number of hydrogen-bond donors (Lipinski definition) is 2. The van der Waals surface area contributed by atoms with Crippen molar-refractivity contribution in [3.8, 4) is 17.2 Å². The number of piperidine rings is 1. The molecule has 21 heteroatoms. The molecule has 1 unspecified atom stereocenters. The van der Waals surface area contributed by atoms with Crippen molar-refractivity contribution in [2.75, 3.05) is 68.3 Å². The third-order valence-corrected chi connectivity index (χ3v) is 15.4. The normalized spacial score (nSPS) is 22.4. The van der Waals surface area contributed by atoms with Crippen LogP contribution in [-0.4, -0.2) is 171 Å². The number of methoxy groups -OCH3 is 2. The molecule has 2 aliphatic rings. The zero-order valence-electron chi connectivity index (χ0n) is 51.8. The van der Waals surface area contributed by atoms with E-state index in [0.29, 0.717) is 41.9 Å². The molecule has 4 aromatic rings. The molecule has 468 valence electrons. The van der Waals surface area contributed by atoms with Crippen LogP contribution in [0.3, 0.4) is 0 Å². The first kappa shape index (κ1) is 67.5. The maximum absolute atomic E-state index is 15.0. The Balaban J connectivity index is 1.34. The Bertz CT molecular complexity index is 3090. The standard InChI is InChI=1S/C66H84N6O15/c1-43-59(76)68-57(46-25-16-13-17-26-46)62(79)71(9)51(40-86-65(2,3)4)60(77)67-49(37-44-23-14-12-15-24-44)61(78)69(7)35-20-19-30-56(74)85-42-66(5,6)58(75)63(80)72-36-21-18-29-50(72)64(81)87-52(33-31-45-32-34-53(82-10)54(38-45)83-11)47-27-22-28-48(39-47)84-41-55(73)70(43)8/h12-17,19,22-28,30,32,34,38-39,43,49-52,57H,18,20-21,29,31,33,35-37,40-42H2,1-11H3,(H,67,77)(H,68,76)/t43-,49-,50-,51-,52+,57?/m0/s1. The number of rotatable bonds is 10. The Morgan fingerprint density at radius 2 is 1.38 bits per heavy atom. The highest BCUT2D eigenvalue weighted by Gasteiger charge is 2.43. The lowest BCUT2D eigenvalue weighted by Gasteiger charge is -2.36. The molecule has 2 aliphatic heterocycles. The van der Waals surface area contributed by atoms with Gasteiger partial charge in [0.05, 0.1) is 31.8 Å². The van der Waals surface area contributed by atoms with E-state index in [2.05, 4.69) is 10.6 Å². The smallest absolute Gasteiger partial charge is 0.330 e. The van der Waals surface area contributed by atoms with Gasteiger partial charge < -0.3 is 58.7 Å². The van der Waals surface area contributed by atoms with Gasteiger partial charge in [-0.1, -0.05) is 84.9 Å². The molecular formula is C66H84N6O15. The first-order valence-corrected chi connectivity index (χ1v) is 29.3. The SMILES string of the molecule is COc1ccc(CC[C@H]2OC(=O)[C@@H]3CCCCN3C(=O)C(=O)C(C)(C)COC(=O)C=CCCN(C)C(=O)[C@H](Cc3ccccc3)NC(=O)[C@H](COC(C)(C)C)N(C)C(=O)C(c3ccccc3)NC(=O)[C@H](C)N(C)C(=O)COc3cccc2c3)cc1OC. The second-order valence-corrected chi connectivity index (χ2v) is 23.5. The molecule has 2 bridgehead atoms. The molecule has 2 heterocycles. The summed E-state index contributed by atoms with van der Waals surface area (Å²) in [7, 11) is 7.43. The molecule has 2 N–H and O–H groups in total. The van der Waals surface area contributed by atoms with E-state index < -0.39 is 114 Å². The number of hydrogen-bond acceptors (Lipinski definition) is 15. The number of cyclic esters (lactones) is 2. The van der Waals surface area contributed by atoms with Gasteiger partial charge in [-0.05, 0) is 127 Å². The van der Waals surface area contributed by atoms with Crippen molar-refractivity contribution >= 4 is 53.2 Å². The Morgan fingerprint density at radius 1 is 0.701 bits per heavy atom. The van der Waals surface area contributed by atoms with Gasteiger partial charge in [0.1, 0.15) is 48.7 Å². The van der Waals surface area contributed by atoms with Crippen molar-refractivity contribution in [1.82, 2.24) is 30.2 Å². The molecule has 0 radical (unpaired) electrons. The number of likely N-dealkylation sites (N-methyl/N-ethyl adjacent to an activating group) is 3. The molecule has 0 spiro atoms. The number of esters is 2. The number of ketones is 1. The Labute approximate surface area is 510 Å². The fourth-order valence-electron chi connectivity index (χ4n) is 9.88. The van der Waals surface area contributed by atoms with E-state index in [4.69, 9.17) is 28.4 Å². The van der Waals surface area contributed by atoms with Crippen molar-refractivity contribution in [1.29, 1.82) is 0 Å². The number of aryl methyl sites for hydroxylation is 1. The number of amides is 6. The van der Waals surface area contributed by atoms with Crippen LogP contribution in [0.2, 0.25) is 0 Å². The second-order valence-electron chi connectivity index (χ2n) is 23.5. The Morgan fingerprint density at radius 3 is 2.06 bits per heavy atom. The molecule has 21 nitrogen and oxygen atoms in total. The van der Waals surface area contributed by atoms with Crippen LogP contribution >= 0.6 is 0 Å². The molecule has 6 atom stereocenters. The van der Waals surface area contributed by atoms with Gasteiger partial charge in [-0.2, -0.15) is 0 Å². The summed E-state index contributed by atoms with van der Waals surface area (Å²) in [6.45, 7) is 8.68. The van der Waals surface area contributed by atoms with Gasteiger partial charge in [0.2, 0.25) is 29.4 Å². The minimum absolute atomic E-state index is 0.0648. The number of fused-ring (bicyclic) bond motifs is 3. The average Bonchev–Trinajstić information content (AvgIpc) is 3.12. The van der Waals surface area contributed by atoms with Crippen LogP contribution in [0.1, 0.15) is 108 Å². The lowest BCUT2D eigenvalue weighted by molar-refractivity contribution is -0.165. The van der Waals surface area contributed by atoms with E-state index in [-0.39, 0.29) is 51.1 Å². The molecule has 6 rings (SSSR count). The molecule has 1 saturated heterocycles. The van der Waals surface area contributed by atoms with E-state index in [0.717, 1.165) is 17.2 Å². The van der Waals surface area contributed by atoms with E-state index in [9.17, 15) is 43.2 Å². The van der Waals surface area contributed by atoms with E-state index in [1.165, 1.54) is 74.8 Å². The average molecular weight is 1200 g/mol. The molecule has 4 aromatic carbocycles. The predicted octanol–water partition coefficient (Wildman–Crippen LogP) is 6.31. The van der Waals surface area contributed by atoms with Crippen molar-refractivity contribution in [3.05, 3.63) is 138 Å². The van der Waals surface area contributed by atoms with E-state index >= 15 is 0 Å². The molecule has 6 amide bonds. The topological polar surface area (TPSA) is 246 Å². The fraction of sp³-hybridized carbons (Fsp3) is 0.470. The lowest BCUT2D eigenvalue weighted by Crippen LogP contribution is -2.58. The highest BCUT2D eigenvalue weighted by atomic mass is 16.5. The number of ether oxygens (including phenoxy) is 6. The summed E-state index contributed by atoms with van der Waals surface area (Å²) < 4.78 is 35.0. The molecule has 0 aliphatic carbocycles. The summed E-state index contributed by atoms with van der Waals surface area (Å²) in [6.07, 6.45) is 3.86. The maximum atomic E-state index is 15.0. The molecule has 1 fully saturated rings. The number of Topliss-reactive ketones (excluding diaryl/α,β-unsaturated/α-hetero) is 1. The summed E-state index contributed by atoms with van der Waals surface area (Å²) in [6, 6.07) is 23.4. The van der Waals surface area contributed by atoms with Gasteiger partial charge in [-0.3, -0.25) is 33.6 Å². The van der Waals surface area contributed by atoms with Crippen molar-refractivity contribution in [2.24, 2.45) is 5.41 Å². The fourth-order valence-corrected chi connectivity index (χ4v) is 9.88. The summed E-state index contributed by atoms with van der Waals surface area (Å²) in [5.41, 5.74) is 0.136. The third-order valence-electron chi connectivity index (χ3n) is 15.4. The van der Waals surface area contributed by atoms with Gasteiger partial charge in [0.25, 0.3) is 11.8 Å². The number of carbonyl (C=O) groups excluding carboxylic acids is 9. The van der Waals surface area contributed by atoms with Gasteiger partial charge in [0, 0.05) is 46.7 Å². The highest BCUT2D eigenvalue weighted by molar-refractivity contribution is 6.38. The Kier molecular flexibility index (Phi) is 24.2. The minimum atomic E-state index is -1.51. The molecular weight excluding hydrogens is 1120 g/mol. The van der Waals surface area contributed by atoms with E-state index in [1.54, 1.807) is 101 Å². The van der Waals surface area contributed by atoms with Gasteiger partial charge in [-0.15, -0.1) is 0 Å². The minimum Gasteiger partial charge on any atom is -0.493 e. The highest BCUT2D eigenvalue weighted by Crippen LogP contribution is 2.33. The summed E-state index contributed by atoms with van der Waals surface area (Å²) in [4.78, 5) is 133. The van der Waals surface area contributed by atoms with Crippen molar-refractivity contribution in [2.45, 2.75) is 128 Å². The van der Waals surface area contributed by atoms with E-state index in [1.807, 2.05) is 30.3 Å². The zero-order valence-corrected chi connectivity index (χ0v) is 51.8. The quantitative estimate of drug-likeness (QED) is 0.130. The van der Waals surface area contributed by atoms with Crippen LogP contribution in [0.15, 0.2) is 115 Å². The van der Waals surface area contributed by atoms with Crippen LogP contribution in [-0.2, 0) is 70.2 Å². The summed E-state index contributed by atoms with van der Waals surface area (Å²) >= 11 is 0. The molecule has 0 aromatic heterocycles. The second kappa shape index (κ2) is 31.2. The Hall–Kier alpha value is -8.59. The lowest BCUT2D eigenvalue weighted by atomic mass is 9.87. The number of nitrogens with one attached hydrogen (secondary N) is 2. The first-order valence-electron chi connectivity index (χ1n) is 29.3. The van der Waals surface area contributed by atoms with Crippen LogP contribution in [0.4, 0.5) is 0 Å². The van der Waals surface area contributed by atoms with Crippen LogP contribution in [0.25, 0.3) is 0 Å². The molecule has 87 heavy (non-hydrogen) atoms. The number of carbonyl (C=O) groups is 9. The number of benzene rings is 4. The zero-order chi connectivity index (χ0) is 63.6. The van der Waals surface area contributed by atoms with Gasteiger partial charge >= 0.3 is 11.9 Å². The molecule has 0 saturated carbocycles. The maximum Gasteiger partial charge on any atom is 0.330 e. The van der Waals surface area contributed by atoms with Crippen LogP contribution in [0.5, 0.6) is 17.2 Å². The summed E-state index contributed by atoms with van der Waals surface area (Å²) in [5.74, 6) is -5.31. The third kappa shape index (κ3) is 19.0. The van der Waals surface area contributed by atoms with Gasteiger partial charge in [-0.25, -0.2) is 9.59 Å². The van der Waals surface area contributed by atoms with Crippen LogP contribution < -0.4 is 24.8 Å². The van der Waals surface area contributed by atoms with Gasteiger partial charge in [0.15, 0.2) is 18.1 Å².